The Balaban J connectivity index is 2.13. The number of rotatable bonds is 8. The Morgan fingerprint density at radius 1 is 1.36 bits per heavy atom. The topological polar surface area (TPSA) is 43.1 Å². The van der Waals surface area contributed by atoms with Crippen LogP contribution in [-0.2, 0) is 4.79 Å². The SMILES string of the molecule is CCCC(CCN)CCC(=O)C1CC1. The molecule has 1 unspecified atom stereocenters. The van der Waals surface area contributed by atoms with Gasteiger partial charge in [0.05, 0.1) is 0 Å². The van der Waals surface area contributed by atoms with Gasteiger partial charge < -0.3 is 5.73 Å². The normalized spacial score (nSPS) is 18.1. The minimum atomic E-state index is 0.440. The van der Waals surface area contributed by atoms with Gasteiger partial charge in [0.25, 0.3) is 0 Å². The molecule has 0 aromatic heterocycles. The van der Waals surface area contributed by atoms with Crippen molar-refractivity contribution in [1.82, 2.24) is 0 Å². The highest BCUT2D eigenvalue weighted by Gasteiger charge is 2.29. The molecule has 1 rings (SSSR count). The molecule has 1 aliphatic rings. The Morgan fingerprint density at radius 3 is 2.57 bits per heavy atom. The molecule has 2 N–H and O–H groups in total. The first kappa shape index (κ1) is 11.7. The molecular formula is C12H23NO. The molecule has 1 aliphatic carbocycles. The van der Waals surface area contributed by atoms with Crippen molar-refractivity contribution in [2.24, 2.45) is 17.6 Å². The summed E-state index contributed by atoms with van der Waals surface area (Å²) in [7, 11) is 0. The van der Waals surface area contributed by atoms with Crippen molar-refractivity contribution in [1.29, 1.82) is 0 Å². The average Bonchev–Trinajstić information content (AvgIpc) is 2.97. The summed E-state index contributed by atoms with van der Waals surface area (Å²) >= 11 is 0. The van der Waals surface area contributed by atoms with Gasteiger partial charge in [-0.15, -0.1) is 0 Å². The standard InChI is InChI=1S/C12H23NO/c1-2-3-10(8-9-13)4-7-12(14)11-5-6-11/h10-11H,2-9,13H2,1H3. The van der Waals surface area contributed by atoms with Crippen LogP contribution in [-0.4, -0.2) is 12.3 Å². The van der Waals surface area contributed by atoms with Crippen LogP contribution < -0.4 is 5.73 Å². The second kappa shape index (κ2) is 6.18. The van der Waals surface area contributed by atoms with Gasteiger partial charge in [0, 0.05) is 12.3 Å². The van der Waals surface area contributed by atoms with Crippen molar-refractivity contribution in [2.45, 2.75) is 51.9 Å². The first-order chi connectivity index (χ1) is 6.77. The zero-order valence-corrected chi connectivity index (χ0v) is 9.30. The molecule has 1 atom stereocenters. The van der Waals surface area contributed by atoms with Crippen LogP contribution in [0, 0.1) is 11.8 Å². The summed E-state index contributed by atoms with van der Waals surface area (Å²) in [6.45, 7) is 2.97. The minimum Gasteiger partial charge on any atom is -0.330 e. The fourth-order valence-corrected chi connectivity index (χ4v) is 2.03. The fraction of sp³-hybridized carbons (Fsp3) is 0.917. The second-order valence-electron chi connectivity index (χ2n) is 4.51. The number of Topliss-reactive ketones (excluding diaryl/α,β-unsaturated/α-hetero) is 1. The summed E-state index contributed by atoms with van der Waals surface area (Å²) in [5.41, 5.74) is 5.55. The molecule has 0 heterocycles. The highest BCUT2D eigenvalue weighted by molar-refractivity contribution is 5.83. The van der Waals surface area contributed by atoms with Crippen LogP contribution >= 0.6 is 0 Å². The van der Waals surface area contributed by atoms with Gasteiger partial charge in [0.15, 0.2) is 0 Å². The van der Waals surface area contributed by atoms with Crippen molar-refractivity contribution in [3.63, 3.8) is 0 Å². The van der Waals surface area contributed by atoms with Crippen molar-refractivity contribution in [3.05, 3.63) is 0 Å². The fourth-order valence-electron chi connectivity index (χ4n) is 2.03. The molecule has 1 fully saturated rings. The lowest BCUT2D eigenvalue weighted by molar-refractivity contribution is -0.120. The van der Waals surface area contributed by atoms with E-state index in [1.165, 1.54) is 12.8 Å². The molecule has 1 saturated carbocycles. The molecule has 2 nitrogen and oxygen atoms in total. The second-order valence-corrected chi connectivity index (χ2v) is 4.51. The lowest BCUT2D eigenvalue weighted by atomic mass is 9.93. The van der Waals surface area contributed by atoms with Gasteiger partial charge in [-0.1, -0.05) is 19.8 Å². The summed E-state index contributed by atoms with van der Waals surface area (Å²) in [5.74, 6) is 1.63. The number of carbonyl (C=O) groups excluding carboxylic acids is 1. The highest BCUT2D eigenvalue weighted by Crippen LogP contribution is 2.32. The van der Waals surface area contributed by atoms with Crippen molar-refractivity contribution in [3.8, 4) is 0 Å². The molecule has 0 bridgehead atoms. The summed E-state index contributed by atoms with van der Waals surface area (Å²) in [6, 6.07) is 0. The number of hydrogen-bond acceptors (Lipinski definition) is 2. The van der Waals surface area contributed by atoms with Gasteiger partial charge in [0.2, 0.25) is 0 Å². The van der Waals surface area contributed by atoms with Crippen molar-refractivity contribution < 1.29 is 4.79 Å². The quantitative estimate of drug-likeness (QED) is 0.649. The van der Waals surface area contributed by atoms with Crippen LogP contribution in [0.15, 0.2) is 0 Å². The monoisotopic (exact) mass is 197 g/mol. The molecule has 0 aliphatic heterocycles. The molecule has 0 amide bonds. The number of nitrogens with two attached hydrogens (primary N) is 1. The third-order valence-corrected chi connectivity index (χ3v) is 3.10. The molecule has 14 heavy (non-hydrogen) atoms. The number of ketones is 1. The van der Waals surface area contributed by atoms with Crippen molar-refractivity contribution >= 4 is 5.78 Å². The first-order valence-corrected chi connectivity index (χ1v) is 6.00. The number of carbonyl (C=O) groups is 1. The van der Waals surface area contributed by atoms with Crippen LogP contribution in [0.2, 0.25) is 0 Å². The Bertz CT molecular complexity index is 169. The average molecular weight is 197 g/mol. The van der Waals surface area contributed by atoms with Gasteiger partial charge in [-0.05, 0) is 38.1 Å². The van der Waals surface area contributed by atoms with E-state index in [0.717, 1.165) is 38.6 Å². The summed E-state index contributed by atoms with van der Waals surface area (Å²) in [6.07, 6.45) is 7.70. The largest absolute Gasteiger partial charge is 0.330 e. The van der Waals surface area contributed by atoms with E-state index in [1.807, 2.05) is 0 Å². The molecule has 0 radical (unpaired) electrons. The van der Waals surface area contributed by atoms with Crippen LogP contribution in [0.3, 0.4) is 0 Å². The molecule has 0 aromatic carbocycles. The van der Waals surface area contributed by atoms with E-state index in [1.54, 1.807) is 0 Å². The maximum atomic E-state index is 11.5. The maximum absolute atomic E-state index is 11.5. The van der Waals surface area contributed by atoms with Gasteiger partial charge >= 0.3 is 0 Å². The van der Waals surface area contributed by atoms with E-state index in [4.69, 9.17) is 5.73 Å². The smallest absolute Gasteiger partial charge is 0.135 e. The van der Waals surface area contributed by atoms with Gasteiger partial charge in [0.1, 0.15) is 5.78 Å². The Morgan fingerprint density at radius 2 is 2.07 bits per heavy atom. The molecule has 2 heteroatoms. The van der Waals surface area contributed by atoms with E-state index in [9.17, 15) is 4.79 Å². The summed E-state index contributed by atoms with van der Waals surface area (Å²) in [4.78, 5) is 11.5. The third kappa shape index (κ3) is 4.23. The first-order valence-electron chi connectivity index (χ1n) is 6.00. The lowest BCUT2D eigenvalue weighted by Crippen LogP contribution is -2.11. The van der Waals surface area contributed by atoms with E-state index < -0.39 is 0 Å². The van der Waals surface area contributed by atoms with Crippen LogP contribution in [0.25, 0.3) is 0 Å². The van der Waals surface area contributed by atoms with E-state index in [2.05, 4.69) is 6.92 Å². The van der Waals surface area contributed by atoms with E-state index in [0.29, 0.717) is 17.6 Å². The summed E-state index contributed by atoms with van der Waals surface area (Å²) in [5, 5.41) is 0. The predicted molar refractivity (Wildman–Crippen MR) is 59.0 cm³/mol. The molecule has 0 saturated heterocycles. The molecule has 0 aromatic rings. The Kier molecular flexibility index (Phi) is 5.16. The molecular weight excluding hydrogens is 174 g/mol. The minimum absolute atomic E-state index is 0.440. The molecule has 0 spiro atoms. The van der Waals surface area contributed by atoms with Crippen LogP contribution in [0.4, 0.5) is 0 Å². The molecule has 82 valence electrons. The van der Waals surface area contributed by atoms with E-state index in [-0.39, 0.29) is 0 Å². The van der Waals surface area contributed by atoms with Gasteiger partial charge in [-0.25, -0.2) is 0 Å². The maximum Gasteiger partial charge on any atom is 0.135 e. The zero-order chi connectivity index (χ0) is 10.4. The predicted octanol–water partition coefficient (Wildman–Crippen LogP) is 2.51. The van der Waals surface area contributed by atoms with Gasteiger partial charge in [-0.2, -0.15) is 0 Å². The van der Waals surface area contributed by atoms with E-state index >= 15 is 0 Å². The third-order valence-electron chi connectivity index (χ3n) is 3.10. The lowest BCUT2D eigenvalue weighted by Gasteiger charge is -2.13. The Hall–Kier alpha value is -0.370. The summed E-state index contributed by atoms with van der Waals surface area (Å²) < 4.78 is 0. The zero-order valence-electron chi connectivity index (χ0n) is 9.30. The van der Waals surface area contributed by atoms with Crippen LogP contribution in [0.5, 0.6) is 0 Å². The number of hydrogen-bond donors (Lipinski definition) is 1. The van der Waals surface area contributed by atoms with Gasteiger partial charge in [-0.3, -0.25) is 4.79 Å². The van der Waals surface area contributed by atoms with Crippen LogP contribution in [0.1, 0.15) is 51.9 Å². The Labute approximate surface area is 87.2 Å². The van der Waals surface area contributed by atoms with Crippen molar-refractivity contribution in [2.75, 3.05) is 6.54 Å². The highest BCUT2D eigenvalue weighted by atomic mass is 16.1.